The average molecular weight is 274 g/mol. The van der Waals surface area contributed by atoms with E-state index in [0.717, 1.165) is 23.7 Å². The van der Waals surface area contributed by atoms with Gasteiger partial charge in [0.15, 0.2) is 0 Å². The molecule has 2 bridgehead atoms. The van der Waals surface area contributed by atoms with Crippen LogP contribution in [0.1, 0.15) is 17.5 Å². The third-order valence-corrected chi connectivity index (χ3v) is 6.57. The predicted molar refractivity (Wildman–Crippen MR) is 80.6 cm³/mol. The molecule has 1 saturated heterocycles. The Kier molecular flexibility index (Phi) is 1.79. The van der Waals surface area contributed by atoms with Gasteiger partial charge in [0.05, 0.1) is 6.10 Å². The van der Waals surface area contributed by atoms with Crippen LogP contribution in [-0.2, 0) is 10.3 Å². The van der Waals surface area contributed by atoms with Crippen LogP contribution in [0.15, 0.2) is 60.7 Å². The van der Waals surface area contributed by atoms with Crippen molar-refractivity contribution in [3.8, 4) is 0 Å². The third kappa shape index (κ3) is 1.16. The molecular formula is C20H18O. The molecule has 0 N–H and O–H groups in total. The topological polar surface area (TPSA) is 9.23 Å². The van der Waals surface area contributed by atoms with Gasteiger partial charge in [-0.25, -0.2) is 0 Å². The summed E-state index contributed by atoms with van der Waals surface area (Å²) in [6.07, 6.45) is 1.83. The fraction of sp³-hybridized carbons (Fsp3) is 0.400. The van der Waals surface area contributed by atoms with Gasteiger partial charge in [-0.15, -0.1) is 0 Å². The van der Waals surface area contributed by atoms with Crippen molar-refractivity contribution in [3.05, 3.63) is 71.8 Å². The standard InChI is InChI=1S/C20H18O/c1-3-7-12(8-4-1)20(13-9-5-2-6-10-13)19-15(21-20)11-14-16-17(14)18(16)19/h1-10,14-19H,11H2/t14?,15-,16?,17?,18?,19-/m0/s1. The molecule has 2 unspecified atom stereocenters. The number of benzene rings is 2. The van der Waals surface area contributed by atoms with Gasteiger partial charge in [-0.3, -0.25) is 0 Å². The van der Waals surface area contributed by atoms with Crippen molar-refractivity contribution >= 4 is 0 Å². The van der Waals surface area contributed by atoms with Crippen LogP contribution >= 0.6 is 0 Å². The molecule has 104 valence electrons. The SMILES string of the molecule is c1ccc(C2(c3ccccc3)O[C@H]3CC4C5C4C5[C@H]32)cc1. The van der Waals surface area contributed by atoms with E-state index in [4.69, 9.17) is 4.74 Å². The average Bonchev–Trinajstić information content (AvgIpc) is 3.42. The maximum absolute atomic E-state index is 6.62. The van der Waals surface area contributed by atoms with Crippen LogP contribution in [0.5, 0.6) is 0 Å². The van der Waals surface area contributed by atoms with E-state index >= 15 is 0 Å². The normalized spacial score (nSPS) is 43.2. The van der Waals surface area contributed by atoms with Gasteiger partial charge in [0.1, 0.15) is 5.60 Å². The lowest BCUT2D eigenvalue weighted by Gasteiger charge is -2.60. The first-order valence-electron chi connectivity index (χ1n) is 8.20. The van der Waals surface area contributed by atoms with Crippen molar-refractivity contribution in [1.29, 1.82) is 0 Å². The predicted octanol–water partition coefficient (Wildman–Crippen LogP) is 3.84. The summed E-state index contributed by atoms with van der Waals surface area (Å²) in [5, 5.41) is 0. The number of hydrogen-bond acceptors (Lipinski definition) is 1. The molecule has 0 aromatic heterocycles. The first-order valence-corrected chi connectivity index (χ1v) is 8.20. The number of ether oxygens (including phenoxy) is 1. The van der Waals surface area contributed by atoms with Gasteiger partial charge in [-0.2, -0.15) is 0 Å². The molecule has 0 amide bonds. The Morgan fingerprint density at radius 3 is 1.90 bits per heavy atom. The Labute approximate surface area is 124 Å². The van der Waals surface area contributed by atoms with E-state index in [-0.39, 0.29) is 5.60 Å². The monoisotopic (exact) mass is 274 g/mol. The summed E-state index contributed by atoms with van der Waals surface area (Å²) in [6, 6.07) is 21.8. The zero-order valence-electron chi connectivity index (χ0n) is 11.9. The molecule has 1 nitrogen and oxygen atoms in total. The largest absolute Gasteiger partial charge is 0.361 e. The van der Waals surface area contributed by atoms with Gasteiger partial charge in [0.2, 0.25) is 0 Å². The number of rotatable bonds is 2. The fourth-order valence-electron chi connectivity index (χ4n) is 5.65. The summed E-state index contributed by atoms with van der Waals surface area (Å²) < 4.78 is 6.62. The van der Waals surface area contributed by atoms with E-state index < -0.39 is 0 Å². The molecule has 1 heteroatoms. The van der Waals surface area contributed by atoms with Crippen LogP contribution < -0.4 is 0 Å². The van der Waals surface area contributed by atoms with Crippen LogP contribution in [0, 0.1) is 29.6 Å². The van der Waals surface area contributed by atoms with Gasteiger partial charge in [-0.05, 0) is 41.2 Å². The highest BCUT2D eigenvalue weighted by Gasteiger charge is 2.84. The summed E-state index contributed by atoms with van der Waals surface area (Å²) in [5.41, 5.74) is 2.53. The Morgan fingerprint density at radius 2 is 1.33 bits per heavy atom. The van der Waals surface area contributed by atoms with Crippen LogP contribution in [0.3, 0.4) is 0 Å². The Hall–Kier alpha value is -1.60. The zero-order chi connectivity index (χ0) is 13.6. The fourth-order valence-corrected chi connectivity index (χ4v) is 5.65. The molecule has 2 aromatic carbocycles. The van der Waals surface area contributed by atoms with Crippen LogP contribution in [0.25, 0.3) is 0 Å². The number of hydrogen-bond donors (Lipinski definition) is 0. The Bertz CT molecular complexity index is 656. The first-order chi connectivity index (χ1) is 10.4. The molecule has 5 fully saturated rings. The minimum Gasteiger partial charge on any atom is -0.361 e. The molecular weight excluding hydrogens is 256 g/mol. The minimum absolute atomic E-state index is 0.170. The van der Waals surface area contributed by atoms with E-state index in [9.17, 15) is 0 Å². The maximum atomic E-state index is 6.62. The summed E-state index contributed by atoms with van der Waals surface area (Å²) in [7, 11) is 0. The molecule has 7 rings (SSSR count). The summed E-state index contributed by atoms with van der Waals surface area (Å²) in [5.74, 6) is 4.80. The molecule has 21 heavy (non-hydrogen) atoms. The lowest BCUT2D eigenvalue weighted by molar-refractivity contribution is -0.279. The molecule has 4 atom stereocenters. The summed E-state index contributed by atoms with van der Waals surface area (Å²) in [4.78, 5) is 0. The van der Waals surface area contributed by atoms with Crippen molar-refractivity contribution in [2.45, 2.75) is 18.1 Å². The van der Waals surface area contributed by atoms with Crippen LogP contribution in [-0.4, -0.2) is 6.10 Å². The second-order valence-electron chi connectivity index (χ2n) is 7.28. The Morgan fingerprint density at radius 1 is 0.762 bits per heavy atom. The molecule has 2 aromatic rings. The van der Waals surface area contributed by atoms with Gasteiger partial charge in [0, 0.05) is 5.92 Å². The van der Waals surface area contributed by atoms with Gasteiger partial charge < -0.3 is 4.74 Å². The Balaban J connectivity index is 1.53. The molecule has 1 heterocycles. The van der Waals surface area contributed by atoms with Crippen molar-refractivity contribution < 1.29 is 4.74 Å². The molecule has 5 aliphatic rings. The van der Waals surface area contributed by atoms with Crippen molar-refractivity contribution in [2.24, 2.45) is 29.6 Å². The van der Waals surface area contributed by atoms with Gasteiger partial charge in [0.25, 0.3) is 0 Å². The van der Waals surface area contributed by atoms with E-state index in [1.54, 1.807) is 0 Å². The lowest BCUT2D eigenvalue weighted by atomic mass is 9.59. The zero-order valence-corrected chi connectivity index (χ0v) is 11.9. The van der Waals surface area contributed by atoms with Crippen molar-refractivity contribution in [1.82, 2.24) is 0 Å². The maximum Gasteiger partial charge on any atom is 0.124 e. The van der Waals surface area contributed by atoms with E-state index in [1.807, 2.05) is 0 Å². The van der Waals surface area contributed by atoms with E-state index in [0.29, 0.717) is 12.0 Å². The quantitative estimate of drug-likeness (QED) is 0.808. The third-order valence-electron chi connectivity index (χ3n) is 6.57. The smallest absolute Gasteiger partial charge is 0.124 e. The second kappa shape index (κ2) is 3.41. The lowest BCUT2D eigenvalue weighted by Crippen LogP contribution is -2.62. The van der Waals surface area contributed by atoms with Crippen molar-refractivity contribution in [3.63, 3.8) is 0 Å². The highest BCUT2D eigenvalue weighted by molar-refractivity contribution is 5.45. The molecule has 0 radical (unpaired) electrons. The summed E-state index contributed by atoms with van der Waals surface area (Å²) >= 11 is 0. The van der Waals surface area contributed by atoms with Crippen LogP contribution in [0.4, 0.5) is 0 Å². The molecule has 1 aliphatic heterocycles. The second-order valence-corrected chi connectivity index (χ2v) is 7.28. The van der Waals surface area contributed by atoms with Gasteiger partial charge in [-0.1, -0.05) is 60.7 Å². The minimum atomic E-state index is -0.170. The highest BCUT2D eigenvalue weighted by Crippen LogP contribution is 2.85. The molecule has 4 saturated carbocycles. The van der Waals surface area contributed by atoms with E-state index in [1.165, 1.54) is 17.5 Å². The van der Waals surface area contributed by atoms with E-state index in [2.05, 4.69) is 60.7 Å². The molecule has 4 aliphatic carbocycles. The first kappa shape index (κ1) is 11.0. The van der Waals surface area contributed by atoms with Crippen molar-refractivity contribution in [2.75, 3.05) is 0 Å². The summed E-state index contributed by atoms with van der Waals surface area (Å²) in [6.45, 7) is 0. The van der Waals surface area contributed by atoms with Crippen LogP contribution in [0.2, 0.25) is 0 Å². The molecule has 0 spiro atoms. The highest BCUT2D eigenvalue weighted by atomic mass is 16.5. The van der Waals surface area contributed by atoms with Gasteiger partial charge >= 0.3 is 0 Å².